The van der Waals surface area contributed by atoms with E-state index < -0.39 is 5.91 Å². The standard InChI is InChI=1S/C12H9NO3/c14-11-7-16-12-9-4-2-1-3-8(9)5-6-10(12)13(11)15/h1-6,15H,7H2. The van der Waals surface area contributed by atoms with Crippen LogP contribution in [0.1, 0.15) is 0 Å². The summed E-state index contributed by atoms with van der Waals surface area (Å²) in [5.41, 5.74) is 0.398. The van der Waals surface area contributed by atoms with Crippen LogP contribution in [-0.2, 0) is 4.79 Å². The molecule has 80 valence electrons. The minimum absolute atomic E-state index is 0.127. The third-order valence-corrected chi connectivity index (χ3v) is 2.66. The van der Waals surface area contributed by atoms with Gasteiger partial charge in [0, 0.05) is 5.39 Å². The van der Waals surface area contributed by atoms with Crippen molar-refractivity contribution in [3.05, 3.63) is 36.4 Å². The van der Waals surface area contributed by atoms with Crippen molar-refractivity contribution in [2.24, 2.45) is 0 Å². The zero-order valence-corrected chi connectivity index (χ0v) is 8.38. The molecule has 0 atom stereocenters. The highest BCUT2D eigenvalue weighted by Gasteiger charge is 2.25. The Kier molecular flexibility index (Phi) is 1.84. The maximum Gasteiger partial charge on any atom is 0.288 e. The molecule has 2 aromatic rings. The van der Waals surface area contributed by atoms with Crippen molar-refractivity contribution < 1.29 is 14.7 Å². The van der Waals surface area contributed by atoms with Gasteiger partial charge in [-0.15, -0.1) is 0 Å². The van der Waals surface area contributed by atoms with Crippen molar-refractivity contribution in [2.75, 3.05) is 11.7 Å². The summed E-state index contributed by atoms with van der Waals surface area (Å²) in [6, 6.07) is 11.2. The smallest absolute Gasteiger partial charge is 0.288 e. The molecule has 1 aliphatic heterocycles. The monoisotopic (exact) mass is 215 g/mol. The van der Waals surface area contributed by atoms with Crippen LogP contribution in [0.4, 0.5) is 5.69 Å². The van der Waals surface area contributed by atoms with E-state index in [1.54, 1.807) is 6.07 Å². The summed E-state index contributed by atoms with van der Waals surface area (Å²) in [6.45, 7) is -0.127. The second-order valence-corrected chi connectivity index (χ2v) is 3.63. The molecule has 1 N–H and O–H groups in total. The molecule has 0 unspecified atom stereocenters. The fraction of sp³-hybridized carbons (Fsp3) is 0.0833. The van der Waals surface area contributed by atoms with Gasteiger partial charge < -0.3 is 4.74 Å². The maximum absolute atomic E-state index is 11.2. The summed E-state index contributed by atoms with van der Waals surface area (Å²) >= 11 is 0. The minimum atomic E-state index is -0.456. The Hall–Kier alpha value is -2.07. The Morgan fingerprint density at radius 1 is 1.19 bits per heavy atom. The fourth-order valence-electron chi connectivity index (χ4n) is 1.88. The topological polar surface area (TPSA) is 49.8 Å². The van der Waals surface area contributed by atoms with Crippen LogP contribution >= 0.6 is 0 Å². The maximum atomic E-state index is 11.2. The number of rotatable bonds is 0. The van der Waals surface area contributed by atoms with Crippen LogP contribution in [0.2, 0.25) is 0 Å². The molecule has 16 heavy (non-hydrogen) atoms. The lowest BCUT2D eigenvalue weighted by Gasteiger charge is -2.24. The van der Waals surface area contributed by atoms with Gasteiger partial charge in [-0.2, -0.15) is 5.06 Å². The lowest BCUT2D eigenvalue weighted by Crippen LogP contribution is -2.36. The first-order valence-corrected chi connectivity index (χ1v) is 4.94. The number of ether oxygens (including phenoxy) is 1. The summed E-state index contributed by atoms with van der Waals surface area (Å²) in [4.78, 5) is 11.2. The molecule has 0 spiro atoms. The van der Waals surface area contributed by atoms with Gasteiger partial charge >= 0.3 is 0 Å². The number of benzene rings is 2. The van der Waals surface area contributed by atoms with Gasteiger partial charge in [0.2, 0.25) is 0 Å². The van der Waals surface area contributed by atoms with Crippen molar-refractivity contribution in [3.8, 4) is 5.75 Å². The zero-order chi connectivity index (χ0) is 11.1. The summed E-state index contributed by atoms with van der Waals surface area (Å²) in [5, 5.41) is 12.1. The van der Waals surface area contributed by atoms with Crippen molar-refractivity contribution >= 4 is 22.4 Å². The number of carbonyl (C=O) groups is 1. The molecule has 0 saturated heterocycles. The van der Waals surface area contributed by atoms with E-state index >= 15 is 0 Å². The summed E-state index contributed by atoms with van der Waals surface area (Å²) in [5.74, 6) is 0.1000. The van der Waals surface area contributed by atoms with Crippen LogP contribution in [0.15, 0.2) is 36.4 Å². The van der Waals surface area contributed by atoms with Crippen molar-refractivity contribution in [3.63, 3.8) is 0 Å². The Balaban J connectivity index is 2.31. The molecule has 4 heteroatoms. The number of anilines is 1. The molecule has 0 bridgehead atoms. The number of carbonyl (C=O) groups excluding carboxylic acids is 1. The molecule has 2 aromatic carbocycles. The van der Waals surface area contributed by atoms with Crippen LogP contribution in [0.5, 0.6) is 5.75 Å². The highest BCUT2D eigenvalue weighted by Crippen LogP contribution is 2.37. The van der Waals surface area contributed by atoms with Crippen molar-refractivity contribution in [1.82, 2.24) is 0 Å². The van der Waals surface area contributed by atoms with E-state index in [2.05, 4.69) is 0 Å². The van der Waals surface area contributed by atoms with Gasteiger partial charge in [0.25, 0.3) is 5.91 Å². The average Bonchev–Trinajstić information content (AvgIpc) is 2.33. The van der Waals surface area contributed by atoms with Gasteiger partial charge in [-0.05, 0) is 11.5 Å². The van der Waals surface area contributed by atoms with Gasteiger partial charge in [-0.3, -0.25) is 10.0 Å². The number of hydrogen-bond acceptors (Lipinski definition) is 3. The summed E-state index contributed by atoms with van der Waals surface area (Å²) in [6.07, 6.45) is 0. The van der Waals surface area contributed by atoms with Crippen molar-refractivity contribution in [1.29, 1.82) is 0 Å². The van der Waals surface area contributed by atoms with Crippen molar-refractivity contribution in [2.45, 2.75) is 0 Å². The van der Waals surface area contributed by atoms with Crippen LogP contribution in [-0.4, -0.2) is 17.7 Å². The van der Waals surface area contributed by atoms with Gasteiger partial charge in [-0.25, -0.2) is 0 Å². The Bertz CT molecular complexity index is 579. The number of hydroxylamine groups is 1. The molecule has 1 aliphatic rings. The highest BCUT2D eigenvalue weighted by molar-refractivity contribution is 6.02. The van der Waals surface area contributed by atoms with Crippen LogP contribution < -0.4 is 9.80 Å². The fourth-order valence-corrected chi connectivity index (χ4v) is 1.88. The molecule has 1 amide bonds. The third kappa shape index (κ3) is 1.17. The van der Waals surface area contributed by atoms with E-state index in [9.17, 15) is 10.0 Å². The lowest BCUT2D eigenvalue weighted by atomic mass is 10.1. The predicted molar refractivity (Wildman–Crippen MR) is 58.7 cm³/mol. The van der Waals surface area contributed by atoms with Gasteiger partial charge in [0.1, 0.15) is 5.69 Å². The van der Waals surface area contributed by atoms with E-state index in [0.717, 1.165) is 10.8 Å². The summed E-state index contributed by atoms with van der Waals surface area (Å²) in [7, 11) is 0. The SMILES string of the molecule is O=C1COc2c(ccc3ccccc23)N1O. The molecule has 0 aliphatic carbocycles. The largest absolute Gasteiger partial charge is 0.481 e. The molecule has 3 rings (SSSR count). The molecule has 0 radical (unpaired) electrons. The lowest BCUT2D eigenvalue weighted by molar-refractivity contribution is -0.126. The molecule has 1 heterocycles. The number of nitrogens with zero attached hydrogens (tertiary/aromatic N) is 1. The molecule has 0 saturated carbocycles. The molecular formula is C12H9NO3. The predicted octanol–water partition coefficient (Wildman–Crippen LogP) is 1.95. The van der Waals surface area contributed by atoms with Gasteiger partial charge in [0.15, 0.2) is 12.4 Å². The number of hydrogen-bond donors (Lipinski definition) is 1. The second-order valence-electron chi connectivity index (χ2n) is 3.63. The average molecular weight is 215 g/mol. The minimum Gasteiger partial charge on any atom is -0.481 e. The first-order valence-electron chi connectivity index (χ1n) is 4.94. The molecule has 4 nitrogen and oxygen atoms in total. The molecule has 0 fully saturated rings. The van der Waals surface area contributed by atoms with Crippen LogP contribution in [0, 0.1) is 0 Å². The number of amides is 1. The first kappa shape index (κ1) is 9.18. The third-order valence-electron chi connectivity index (χ3n) is 2.66. The van der Waals surface area contributed by atoms with Crippen LogP contribution in [0.3, 0.4) is 0 Å². The first-order chi connectivity index (χ1) is 7.77. The Morgan fingerprint density at radius 2 is 2.00 bits per heavy atom. The highest BCUT2D eigenvalue weighted by atomic mass is 16.5. The van der Waals surface area contributed by atoms with E-state index in [4.69, 9.17) is 4.74 Å². The quantitative estimate of drug-likeness (QED) is 0.683. The molecular weight excluding hydrogens is 206 g/mol. The Labute approximate surface area is 91.6 Å². The van der Waals surface area contributed by atoms with Gasteiger partial charge in [-0.1, -0.05) is 30.3 Å². The summed E-state index contributed by atoms with van der Waals surface area (Å²) < 4.78 is 5.37. The van der Waals surface area contributed by atoms with E-state index in [-0.39, 0.29) is 6.61 Å². The Morgan fingerprint density at radius 3 is 2.88 bits per heavy atom. The molecule has 0 aromatic heterocycles. The van der Waals surface area contributed by atoms with E-state index in [1.807, 2.05) is 30.3 Å². The zero-order valence-electron chi connectivity index (χ0n) is 8.38. The van der Waals surface area contributed by atoms with E-state index in [1.165, 1.54) is 0 Å². The normalized spacial score (nSPS) is 14.8. The van der Waals surface area contributed by atoms with Crippen LogP contribution in [0.25, 0.3) is 10.8 Å². The second kappa shape index (κ2) is 3.21. The van der Waals surface area contributed by atoms with E-state index in [0.29, 0.717) is 16.5 Å². The van der Waals surface area contributed by atoms with Gasteiger partial charge in [0.05, 0.1) is 0 Å². The number of fused-ring (bicyclic) bond motifs is 3.